The van der Waals surface area contributed by atoms with Crippen LogP contribution in [0.25, 0.3) is 11.3 Å². The number of carbonyl (C=O) groups is 3. The summed E-state index contributed by atoms with van der Waals surface area (Å²) in [6, 6.07) is 13.5. The van der Waals surface area contributed by atoms with E-state index in [4.69, 9.17) is 10.5 Å². The molecule has 0 saturated heterocycles. The molecule has 0 radical (unpaired) electrons. The molecule has 40 heavy (non-hydrogen) atoms. The van der Waals surface area contributed by atoms with E-state index in [1.807, 2.05) is 19.9 Å². The predicted molar refractivity (Wildman–Crippen MR) is 150 cm³/mol. The molecule has 5 N–H and O–H groups in total. The Morgan fingerprint density at radius 3 is 2.30 bits per heavy atom. The van der Waals surface area contributed by atoms with E-state index in [0.717, 1.165) is 11.1 Å². The molecule has 0 aliphatic heterocycles. The lowest BCUT2D eigenvalue weighted by Gasteiger charge is -2.31. The number of nitrogens with zero attached hydrogens (tertiary/aromatic N) is 2. The molecule has 0 saturated carbocycles. The fourth-order valence-electron chi connectivity index (χ4n) is 3.75. The van der Waals surface area contributed by atoms with Crippen LogP contribution in [0.2, 0.25) is 0 Å². The zero-order valence-corrected chi connectivity index (χ0v) is 23.1. The molecular weight excluding hydrogens is 510 g/mol. The van der Waals surface area contributed by atoms with E-state index in [0.29, 0.717) is 11.3 Å². The summed E-state index contributed by atoms with van der Waals surface area (Å²) in [5, 5.41) is 11.8. The first kappa shape index (κ1) is 30.0. The Bertz CT molecular complexity index is 1440. The monoisotopic (exact) mass is 543 g/mol. The van der Waals surface area contributed by atoms with Crippen molar-refractivity contribution in [2.45, 2.75) is 52.2 Å². The number of nitrogens with one attached hydrogen (secondary N) is 2. The van der Waals surface area contributed by atoms with E-state index in [-0.39, 0.29) is 23.7 Å². The summed E-state index contributed by atoms with van der Waals surface area (Å²) in [5.74, 6) is 3.40. The highest BCUT2D eigenvalue weighted by Crippen LogP contribution is 2.25. The van der Waals surface area contributed by atoms with Gasteiger partial charge in [-0.15, -0.1) is 0 Å². The molecule has 2 heterocycles. The predicted octanol–water partition coefficient (Wildman–Crippen LogP) is 3.69. The van der Waals surface area contributed by atoms with Gasteiger partial charge in [-0.1, -0.05) is 37.8 Å². The highest BCUT2D eigenvalue weighted by atomic mass is 16.6. The maximum atomic E-state index is 13.4. The topological polar surface area (TPSA) is 157 Å². The van der Waals surface area contributed by atoms with Crippen molar-refractivity contribution in [2.24, 2.45) is 11.7 Å². The molecular formula is C30H33N5O5. The number of esters is 1. The molecule has 1 atom stereocenters. The summed E-state index contributed by atoms with van der Waals surface area (Å²) in [6.45, 7) is 8.69. The maximum Gasteiger partial charge on any atom is 0.336 e. The number of aromatic nitrogens is 2. The number of nitrogens with two attached hydrogens (primary N) is 1. The van der Waals surface area contributed by atoms with Gasteiger partial charge in [-0.25, -0.2) is 15.3 Å². The lowest BCUT2D eigenvalue weighted by molar-refractivity contribution is -0.164. The Balaban J connectivity index is 1.94. The lowest BCUT2D eigenvalue weighted by atomic mass is 9.88. The molecule has 0 aliphatic rings. The van der Waals surface area contributed by atoms with Crippen LogP contribution in [0.15, 0.2) is 60.9 Å². The van der Waals surface area contributed by atoms with Gasteiger partial charge in [-0.2, -0.15) is 0 Å². The maximum absolute atomic E-state index is 13.4. The number of hydroxylamine groups is 1. The molecule has 1 aromatic carbocycles. The minimum absolute atomic E-state index is 0.0129. The van der Waals surface area contributed by atoms with Crippen molar-refractivity contribution in [3.8, 4) is 23.1 Å². The van der Waals surface area contributed by atoms with Gasteiger partial charge in [0, 0.05) is 34.6 Å². The zero-order chi connectivity index (χ0) is 29.5. The van der Waals surface area contributed by atoms with Crippen LogP contribution in [0.4, 0.5) is 5.82 Å². The number of pyridine rings is 2. The van der Waals surface area contributed by atoms with E-state index in [9.17, 15) is 19.6 Å². The van der Waals surface area contributed by atoms with Gasteiger partial charge in [0.25, 0.3) is 11.8 Å². The van der Waals surface area contributed by atoms with Crippen molar-refractivity contribution in [2.75, 3.05) is 5.32 Å². The highest BCUT2D eigenvalue weighted by Gasteiger charge is 2.45. The second kappa shape index (κ2) is 12.5. The molecule has 0 spiro atoms. The lowest BCUT2D eigenvalue weighted by Crippen LogP contribution is -2.60. The fraction of sp³-hybridized carbons (Fsp3) is 0.300. The van der Waals surface area contributed by atoms with Crippen LogP contribution in [-0.2, 0) is 14.3 Å². The summed E-state index contributed by atoms with van der Waals surface area (Å²) >= 11 is 0. The molecule has 3 rings (SSSR count). The first-order valence-corrected chi connectivity index (χ1v) is 12.6. The highest BCUT2D eigenvalue weighted by molar-refractivity contribution is 6.13. The molecule has 0 fully saturated rings. The van der Waals surface area contributed by atoms with E-state index in [2.05, 4.69) is 27.1 Å². The molecule has 10 nitrogen and oxygen atoms in total. The van der Waals surface area contributed by atoms with E-state index in [1.54, 1.807) is 69.0 Å². The molecule has 3 aromatic rings. The van der Waals surface area contributed by atoms with Crippen molar-refractivity contribution >= 4 is 23.6 Å². The average molecular weight is 544 g/mol. The number of rotatable bonds is 7. The average Bonchev–Trinajstić information content (AvgIpc) is 2.90. The second-order valence-electron chi connectivity index (χ2n) is 10.7. The SMILES string of the molecule is CC(C)C[C@](N)(C(=O)Nc1cc(C(=O)NO)cc(-c2ccc(C#Cc3cccnc3)cc2)n1)C(=O)OC(C)(C)C. The van der Waals surface area contributed by atoms with Crippen LogP contribution in [0.3, 0.4) is 0 Å². The fourth-order valence-corrected chi connectivity index (χ4v) is 3.75. The van der Waals surface area contributed by atoms with Crippen LogP contribution in [0, 0.1) is 17.8 Å². The molecule has 208 valence electrons. The van der Waals surface area contributed by atoms with Gasteiger partial charge < -0.3 is 15.8 Å². The van der Waals surface area contributed by atoms with Gasteiger partial charge in [-0.05, 0) is 69.5 Å². The number of amides is 2. The first-order valence-electron chi connectivity index (χ1n) is 12.6. The van der Waals surface area contributed by atoms with Crippen molar-refractivity contribution in [3.63, 3.8) is 0 Å². The third-order valence-electron chi connectivity index (χ3n) is 5.52. The van der Waals surface area contributed by atoms with E-state index < -0.39 is 28.9 Å². The van der Waals surface area contributed by atoms with Gasteiger partial charge >= 0.3 is 5.97 Å². The van der Waals surface area contributed by atoms with Gasteiger partial charge in [-0.3, -0.25) is 19.8 Å². The molecule has 0 aliphatic carbocycles. The van der Waals surface area contributed by atoms with Crippen LogP contribution < -0.4 is 16.5 Å². The van der Waals surface area contributed by atoms with Gasteiger partial charge in [0.1, 0.15) is 11.4 Å². The molecule has 0 unspecified atom stereocenters. The Morgan fingerprint density at radius 2 is 1.73 bits per heavy atom. The molecule has 0 bridgehead atoms. The van der Waals surface area contributed by atoms with Gasteiger partial charge in [0.05, 0.1) is 5.69 Å². The third kappa shape index (κ3) is 7.96. The summed E-state index contributed by atoms with van der Waals surface area (Å²) in [5.41, 5.74) is 7.54. The number of ether oxygens (including phenoxy) is 1. The molecule has 10 heteroatoms. The van der Waals surface area contributed by atoms with Crippen molar-refractivity contribution in [1.29, 1.82) is 0 Å². The number of hydrogen-bond donors (Lipinski definition) is 4. The van der Waals surface area contributed by atoms with E-state index >= 15 is 0 Å². The van der Waals surface area contributed by atoms with Crippen LogP contribution in [-0.4, -0.2) is 44.1 Å². The summed E-state index contributed by atoms with van der Waals surface area (Å²) in [4.78, 5) is 47.2. The summed E-state index contributed by atoms with van der Waals surface area (Å²) < 4.78 is 5.44. The molecule has 2 aromatic heterocycles. The van der Waals surface area contributed by atoms with E-state index in [1.165, 1.54) is 12.1 Å². The minimum atomic E-state index is -2.01. The Kier molecular flexibility index (Phi) is 9.37. The smallest absolute Gasteiger partial charge is 0.336 e. The van der Waals surface area contributed by atoms with Crippen LogP contribution >= 0.6 is 0 Å². The Morgan fingerprint density at radius 1 is 1.05 bits per heavy atom. The molecule has 2 amide bonds. The Labute approximate surface area is 233 Å². The van der Waals surface area contributed by atoms with Crippen molar-refractivity contribution in [3.05, 3.63) is 77.6 Å². The van der Waals surface area contributed by atoms with Crippen LogP contribution in [0.1, 0.15) is 62.5 Å². The van der Waals surface area contributed by atoms with Crippen molar-refractivity contribution in [1.82, 2.24) is 15.4 Å². The summed E-state index contributed by atoms with van der Waals surface area (Å²) in [7, 11) is 0. The second-order valence-corrected chi connectivity index (χ2v) is 10.7. The quantitative estimate of drug-likeness (QED) is 0.116. The first-order chi connectivity index (χ1) is 18.8. The number of carbonyl (C=O) groups excluding carboxylic acids is 3. The zero-order valence-electron chi connectivity index (χ0n) is 23.1. The Hall–Kier alpha value is -4.59. The number of hydrogen-bond acceptors (Lipinski definition) is 8. The number of anilines is 1. The minimum Gasteiger partial charge on any atom is -0.458 e. The number of benzene rings is 1. The van der Waals surface area contributed by atoms with Crippen LogP contribution in [0.5, 0.6) is 0 Å². The summed E-state index contributed by atoms with van der Waals surface area (Å²) in [6.07, 6.45) is 3.35. The van der Waals surface area contributed by atoms with Crippen molar-refractivity contribution < 1.29 is 24.3 Å². The standard InChI is InChI=1S/C30H33N5O5/c1-19(2)17-30(31,28(38)40-29(3,4)5)27(37)34-25-16-23(26(36)35-39)15-24(33-25)22-12-10-20(11-13-22)8-9-21-7-6-14-32-18-21/h6-7,10-16,18-19,39H,17,31H2,1-5H3,(H,35,36)(H,33,34,37)/t30-/m0/s1. The van der Waals surface area contributed by atoms with Gasteiger partial charge in [0.15, 0.2) is 5.54 Å². The largest absolute Gasteiger partial charge is 0.458 e. The van der Waals surface area contributed by atoms with Gasteiger partial charge in [0.2, 0.25) is 0 Å². The normalized spacial score (nSPS) is 12.5. The third-order valence-corrected chi connectivity index (χ3v) is 5.52.